The maximum Gasteiger partial charge on any atom is 0.124 e. The highest BCUT2D eigenvalue weighted by Gasteiger charge is 2.09. The van der Waals surface area contributed by atoms with Gasteiger partial charge in [-0.25, -0.2) is 0 Å². The molecule has 0 radical (unpaired) electrons. The highest BCUT2D eigenvalue weighted by atomic mass is 16.3. The fraction of sp³-hybridized carbons (Fsp3) is 0.100. The molecule has 0 unspecified atom stereocenters. The lowest BCUT2D eigenvalue weighted by Crippen LogP contribution is -1.86. The number of aryl methyl sites for hydroxylation is 2. The summed E-state index contributed by atoms with van der Waals surface area (Å²) in [5.74, 6) is 0.324. The summed E-state index contributed by atoms with van der Waals surface area (Å²) >= 11 is 0. The summed E-state index contributed by atoms with van der Waals surface area (Å²) in [6, 6.07) is 22.2. The molecular weight excluding hydrogens is 256 g/mol. The second-order valence-electron chi connectivity index (χ2n) is 5.36. The zero-order valence-electron chi connectivity index (χ0n) is 12.3. The minimum absolute atomic E-state index is 0.324. The van der Waals surface area contributed by atoms with Crippen LogP contribution in [0.15, 0.2) is 66.7 Å². The fourth-order valence-corrected chi connectivity index (χ4v) is 2.70. The van der Waals surface area contributed by atoms with E-state index in [1.165, 1.54) is 5.56 Å². The van der Waals surface area contributed by atoms with Crippen molar-refractivity contribution in [2.45, 2.75) is 13.8 Å². The smallest absolute Gasteiger partial charge is 0.124 e. The van der Waals surface area contributed by atoms with Crippen LogP contribution >= 0.6 is 0 Å². The van der Waals surface area contributed by atoms with Gasteiger partial charge in [-0.05, 0) is 47.7 Å². The summed E-state index contributed by atoms with van der Waals surface area (Å²) in [5, 5.41) is 10.4. The predicted octanol–water partition coefficient (Wildman–Crippen LogP) is 5.34. The van der Waals surface area contributed by atoms with Crippen LogP contribution < -0.4 is 0 Å². The van der Waals surface area contributed by atoms with E-state index in [9.17, 15) is 5.11 Å². The predicted molar refractivity (Wildman–Crippen MR) is 88.5 cm³/mol. The first-order chi connectivity index (χ1) is 10.2. The Labute approximate surface area is 125 Å². The molecule has 0 aliphatic carbocycles. The highest BCUT2D eigenvalue weighted by molar-refractivity contribution is 5.78. The number of phenolic OH excluding ortho intramolecular Hbond substituents is 1. The lowest BCUT2D eigenvalue weighted by atomic mass is 9.95. The van der Waals surface area contributed by atoms with Crippen LogP contribution in [0.4, 0.5) is 0 Å². The first kappa shape index (κ1) is 13.4. The van der Waals surface area contributed by atoms with Crippen LogP contribution in [-0.2, 0) is 0 Å². The molecule has 3 rings (SSSR count). The number of aromatic hydroxyl groups is 1. The molecule has 0 aromatic heterocycles. The van der Waals surface area contributed by atoms with E-state index in [1.807, 2.05) is 42.5 Å². The van der Waals surface area contributed by atoms with Gasteiger partial charge in [0.25, 0.3) is 0 Å². The van der Waals surface area contributed by atoms with Crippen molar-refractivity contribution in [2.75, 3.05) is 0 Å². The lowest BCUT2D eigenvalue weighted by Gasteiger charge is -2.11. The average Bonchev–Trinajstić information content (AvgIpc) is 2.49. The van der Waals surface area contributed by atoms with E-state index in [0.717, 1.165) is 27.8 Å². The molecule has 21 heavy (non-hydrogen) atoms. The third kappa shape index (κ3) is 2.55. The van der Waals surface area contributed by atoms with Crippen molar-refractivity contribution in [3.05, 3.63) is 77.9 Å². The Morgan fingerprint density at radius 1 is 0.619 bits per heavy atom. The van der Waals surface area contributed by atoms with Crippen molar-refractivity contribution < 1.29 is 5.11 Å². The molecule has 0 saturated heterocycles. The maximum absolute atomic E-state index is 10.4. The number of hydrogen-bond acceptors (Lipinski definition) is 1. The van der Waals surface area contributed by atoms with Crippen LogP contribution in [0.2, 0.25) is 0 Å². The average molecular weight is 274 g/mol. The molecule has 0 spiro atoms. The van der Waals surface area contributed by atoms with E-state index >= 15 is 0 Å². The first-order valence-corrected chi connectivity index (χ1v) is 7.12. The first-order valence-electron chi connectivity index (χ1n) is 7.12. The normalized spacial score (nSPS) is 10.6. The van der Waals surface area contributed by atoms with Crippen LogP contribution in [-0.4, -0.2) is 5.11 Å². The Balaban J connectivity index is 2.09. The molecule has 0 aliphatic rings. The van der Waals surface area contributed by atoms with E-state index in [2.05, 4.69) is 38.1 Å². The number of hydrogen-bond donors (Lipinski definition) is 1. The Kier molecular flexibility index (Phi) is 3.49. The Bertz CT molecular complexity index is 787. The molecule has 1 heteroatoms. The van der Waals surface area contributed by atoms with Crippen LogP contribution in [0.5, 0.6) is 5.75 Å². The molecule has 0 saturated carbocycles. The van der Waals surface area contributed by atoms with Gasteiger partial charge in [0.2, 0.25) is 0 Å². The van der Waals surface area contributed by atoms with Gasteiger partial charge in [0.1, 0.15) is 5.75 Å². The molecular formula is C20H18O. The highest BCUT2D eigenvalue weighted by Crippen LogP contribution is 2.35. The molecule has 0 aliphatic heterocycles. The summed E-state index contributed by atoms with van der Waals surface area (Å²) < 4.78 is 0. The zero-order chi connectivity index (χ0) is 14.8. The Morgan fingerprint density at radius 3 is 1.76 bits per heavy atom. The van der Waals surface area contributed by atoms with Crippen molar-refractivity contribution in [3.8, 4) is 28.0 Å². The van der Waals surface area contributed by atoms with Crippen molar-refractivity contribution >= 4 is 0 Å². The van der Waals surface area contributed by atoms with Gasteiger partial charge in [0, 0.05) is 5.56 Å². The van der Waals surface area contributed by atoms with E-state index in [0.29, 0.717) is 5.75 Å². The third-order valence-corrected chi connectivity index (χ3v) is 3.89. The molecule has 104 valence electrons. The molecule has 3 aromatic rings. The SMILES string of the molecule is Cc1ccccc1-c1ccc(-c2ccccc2C)c(O)c1. The van der Waals surface area contributed by atoms with Crippen molar-refractivity contribution in [3.63, 3.8) is 0 Å². The zero-order valence-corrected chi connectivity index (χ0v) is 12.3. The quantitative estimate of drug-likeness (QED) is 0.668. The third-order valence-electron chi connectivity index (χ3n) is 3.89. The molecule has 0 fully saturated rings. The largest absolute Gasteiger partial charge is 0.507 e. The molecule has 0 amide bonds. The summed E-state index contributed by atoms with van der Waals surface area (Å²) in [6.07, 6.45) is 0. The van der Waals surface area contributed by atoms with Gasteiger partial charge in [0.05, 0.1) is 0 Å². The van der Waals surface area contributed by atoms with Crippen molar-refractivity contribution in [2.24, 2.45) is 0 Å². The van der Waals surface area contributed by atoms with E-state index in [4.69, 9.17) is 0 Å². The molecule has 1 nitrogen and oxygen atoms in total. The van der Waals surface area contributed by atoms with Gasteiger partial charge in [-0.2, -0.15) is 0 Å². The van der Waals surface area contributed by atoms with Gasteiger partial charge in [-0.15, -0.1) is 0 Å². The van der Waals surface area contributed by atoms with E-state index in [1.54, 1.807) is 0 Å². The van der Waals surface area contributed by atoms with Crippen molar-refractivity contribution in [1.82, 2.24) is 0 Å². The minimum Gasteiger partial charge on any atom is -0.507 e. The summed E-state index contributed by atoms with van der Waals surface area (Å²) in [4.78, 5) is 0. The summed E-state index contributed by atoms with van der Waals surface area (Å²) in [7, 11) is 0. The second-order valence-corrected chi connectivity index (χ2v) is 5.36. The van der Waals surface area contributed by atoms with Gasteiger partial charge in [-0.3, -0.25) is 0 Å². The van der Waals surface area contributed by atoms with Crippen molar-refractivity contribution in [1.29, 1.82) is 0 Å². The van der Waals surface area contributed by atoms with E-state index < -0.39 is 0 Å². The standard InChI is InChI=1S/C20H18O/c1-14-7-3-5-9-17(14)16-11-12-19(20(21)13-16)18-10-6-4-8-15(18)2/h3-13,21H,1-2H3. The summed E-state index contributed by atoms with van der Waals surface area (Å²) in [6.45, 7) is 4.14. The van der Waals surface area contributed by atoms with Gasteiger partial charge in [-0.1, -0.05) is 60.7 Å². The van der Waals surface area contributed by atoms with Crippen LogP contribution in [0.25, 0.3) is 22.3 Å². The maximum atomic E-state index is 10.4. The van der Waals surface area contributed by atoms with Crippen LogP contribution in [0, 0.1) is 13.8 Å². The molecule has 3 aromatic carbocycles. The summed E-state index contributed by atoms with van der Waals surface area (Å²) in [5.41, 5.74) is 6.53. The number of rotatable bonds is 2. The van der Waals surface area contributed by atoms with Crippen LogP contribution in [0.1, 0.15) is 11.1 Å². The van der Waals surface area contributed by atoms with Gasteiger partial charge >= 0.3 is 0 Å². The molecule has 0 heterocycles. The number of benzene rings is 3. The Hall–Kier alpha value is -2.54. The Morgan fingerprint density at radius 2 is 1.19 bits per heavy atom. The monoisotopic (exact) mass is 274 g/mol. The lowest BCUT2D eigenvalue weighted by molar-refractivity contribution is 0.477. The van der Waals surface area contributed by atoms with E-state index in [-0.39, 0.29) is 0 Å². The topological polar surface area (TPSA) is 20.2 Å². The second kappa shape index (κ2) is 5.45. The number of phenols is 1. The van der Waals surface area contributed by atoms with Gasteiger partial charge in [0.15, 0.2) is 0 Å². The molecule has 0 atom stereocenters. The minimum atomic E-state index is 0.324. The fourth-order valence-electron chi connectivity index (χ4n) is 2.70. The molecule has 0 bridgehead atoms. The van der Waals surface area contributed by atoms with Gasteiger partial charge < -0.3 is 5.11 Å². The van der Waals surface area contributed by atoms with Crippen LogP contribution in [0.3, 0.4) is 0 Å². The molecule has 1 N–H and O–H groups in total.